The summed E-state index contributed by atoms with van der Waals surface area (Å²) in [6.45, 7) is 2.06. The number of carbonyl (C=O) groups is 2. The molecule has 1 unspecified atom stereocenters. The van der Waals surface area contributed by atoms with Crippen LogP contribution < -0.4 is 10.8 Å². The van der Waals surface area contributed by atoms with Crippen molar-refractivity contribution in [1.82, 2.24) is 10.8 Å². The molecular weight excluding hydrogens is 336 g/mol. The molecular formula is C19H22N2O3S. The van der Waals surface area contributed by atoms with E-state index >= 15 is 0 Å². The molecule has 3 N–H and O–H groups in total. The molecule has 0 aliphatic heterocycles. The van der Waals surface area contributed by atoms with Crippen molar-refractivity contribution in [2.24, 2.45) is 0 Å². The standard InChI is InChI=1S/C19H22N2O3S/c1-19(25-2,18(23)21-24)12-13-20-17(22)16-10-8-15(9-11-16)14-6-4-3-5-7-14/h3-11,24H,12-13H2,1-2H3,(H,20,22)(H,21,23). The molecule has 2 aromatic carbocycles. The molecule has 5 nitrogen and oxygen atoms in total. The van der Waals surface area contributed by atoms with Gasteiger partial charge < -0.3 is 5.32 Å². The lowest BCUT2D eigenvalue weighted by atomic mass is 10.0. The molecule has 0 aromatic heterocycles. The third-order valence-electron chi connectivity index (χ3n) is 4.17. The van der Waals surface area contributed by atoms with Gasteiger partial charge in [0.1, 0.15) is 0 Å². The van der Waals surface area contributed by atoms with Gasteiger partial charge in [0.25, 0.3) is 11.8 Å². The second-order valence-electron chi connectivity index (χ2n) is 5.83. The number of hydrogen-bond acceptors (Lipinski definition) is 4. The van der Waals surface area contributed by atoms with Gasteiger partial charge >= 0.3 is 0 Å². The number of thioether (sulfide) groups is 1. The predicted octanol–water partition coefficient (Wildman–Crippen LogP) is 3.10. The molecule has 2 rings (SSSR count). The first-order chi connectivity index (χ1) is 12.0. The van der Waals surface area contributed by atoms with E-state index in [0.29, 0.717) is 18.5 Å². The van der Waals surface area contributed by atoms with Crippen molar-refractivity contribution in [2.45, 2.75) is 18.1 Å². The second-order valence-corrected chi connectivity index (χ2v) is 7.13. The molecule has 0 radical (unpaired) electrons. The highest BCUT2D eigenvalue weighted by atomic mass is 32.2. The fourth-order valence-electron chi connectivity index (χ4n) is 2.39. The predicted molar refractivity (Wildman–Crippen MR) is 101 cm³/mol. The minimum atomic E-state index is -0.792. The Kier molecular flexibility index (Phi) is 6.61. The molecule has 132 valence electrons. The Morgan fingerprint density at radius 1 is 1.04 bits per heavy atom. The van der Waals surface area contributed by atoms with E-state index in [4.69, 9.17) is 5.21 Å². The molecule has 0 heterocycles. The zero-order valence-corrected chi connectivity index (χ0v) is 15.1. The average molecular weight is 358 g/mol. The summed E-state index contributed by atoms with van der Waals surface area (Å²) >= 11 is 1.33. The molecule has 6 heteroatoms. The summed E-state index contributed by atoms with van der Waals surface area (Å²) in [5, 5.41) is 11.6. The lowest BCUT2D eigenvalue weighted by Crippen LogP contribution is -2.43. The molecule has 0 saturated heterocycles. The van der Waals surface area contributed by atoms with Crippen LogP contribution in [0.1, 0.15) is 23.7 Å². The van der Waals surface area contributed by atoms with E-state index in [1.54, 1.807) is 30.8 Å². The Labute approximate surface area is 151 Å². The normalized spacial score (nSPS) is 12.9. The number of carbonyl (C=O) groups excluding carboxylic acids is 2. The molecule has 0 bridgehead atoms. The van der Waals surface area contributed by atoms with Crippen LogP contribution in [0.2, 0.25) is 0 Å². The Morgan fingerprint density at radius 2 is 1.64 bits per heavy atom. The maximum Gasteiger partial charge on any atom is 0.259 e. The zero-order valence-electron chi connectivity index (χ0n) is 14.3. The van der Waals surface area contributed by atoms with Crippen molar-refractivity contribution in [3.63, 3.8) is 0 Å². The molecule has 1 atom stereocenters. The van der Waals surface area contributed by atoms with E-state index in [0.717, 1.165) is 11.1 Å². The number of benzene rings is 2. The number of amides is 2. The van der Waals surface area contributed by atoms with Crippen molar-refractivity contribution in [3.8, 4) is 11.1 Å². The van der Waals surface area contributed by atoms with Crippen LogP contribution >= 0.6 is 11.8 Å². The lowest BCUT2D eigenvalue weighted by Gasteiger charge is -2.24. The van der Waals surface area contributed by atoms with Gasteiger partial charge in [-0.1, -0.05) is 42.5 Å². The van der Waals surface area contributed by atoms with Gasteiger partial charge in [-0.2, -0.15) is 0 Å². The first-order valence-electron chi connectivity index (χ1n) is 7.93. The quantitative estimate of drug-likeness (QED) is 0.525. The molecule has 0 aliphatic rings. The van der Waals surface area contributed by atoms with E-state index in [1.165, 1.54) is 11.8 Å². The van der Waals surface area contributed by atoms with Gasteiger partial charge in [0.2, 0.25) is 0 Å². The maximum atomic E-state index is 12.2. The molecule has 0 saturated carbocycles. The summed E-state index contributed by atoms with van der Waals surface area (Å²) in [6, 6.07) is 17.3. The average Bonchev–Trinajstić information content (AvgIpc) is 2.67. The number of hydrogen-bond donors (Lipinski definition) is 3. The number of rotatable bonds is 7. The van der Waals surface area contributed by atoms with Crippen LogP contribution in [0.5, 0.6) is 0 Å². The fourth-order valence-corrected chi connectivity index (χ4v) is 2.93. The first-order valence-corrected chi connectivity index (χ1v) is 9.16. The Morgan fingerprint density at radius 3 is 2.20 bits per heavy atom. The van der Waals surface area contributed by atoms with Gasteiger partial charge in [-0.3, -0.25) is 14.8 Å². The van der Waals surface area contributed by atoms with Gasteiger partial charge in [-0.25, -0.2) is 5.48 Å². The largest absolute Gasteiger partial charge is 0.352 e. The van der Waals surface area contributed by atoms with E-state index in [9.17, 15) is 9.59 Å². The summed E-state index contributed by atoms with van der Waals surface area (Å²) in [4.78, 5) is 23.9. The van der Waals surface area contributed by atoms with Gasteiger partial charge in [0.15, 0.2) is 0 Å². The molecule has 0 spiro atoms. The smallest absolute Gasteiger partial charge is 0.259 e. The van der Waals surface area contributed by atoms with E-state index in [1.807, 2.05) is 42.5 Å². The van der Waals surface area contributed by atoms with E-state index in [-0.39, 0.29) is 5.91 Å². The zero-order chi connectivity index (χ0) is 18.3. The Hall–Kier alpha value is -2.31. The summed E-state index contributed by atoms with van der Waals surface area (Å²) in [5.74, 6) is -0.658. The first kappa shape index (κ1) is 19.0. The SMILES string of the molecule is CSC(C)(CCNC(=O)c1ccc(-c2ccccc2)cc1)C(=O)NO. The van der Waals surface area contributed by atoms with Crippen molar-refractivity contribution in [3.05, 3.63) is 60.2 Å². The highest BCUT2D eigenvalue weighted by molar-refractivity contribution is 8.00. The van der Waals surface area contributed by atoms with Crippen LogP contribution in [0.15, 0.2) is 54.6 Å². The van der Waals surface area contributed by atoms with Crippen LogP contribution in [0, 0.1) is 0 Å². The van der Waals surface area contributed by atoms with Crippen LogP contribution in [0.3, 0.4) is 0 Å². The second kappa shape index (κ2) is 8.69. The molecule has 0 fully saturated rings. The lowest BCUT2D eigenvalue weighted by molar-refractivity contribution is -0.131. The van der Waals surface area contributed by atoms with Gasteiger partial charge in [0.05, 0.1) is 4.75 Å². The van der Waals surface area contributed by atoms with Gasteiger partial charge in [-0.05, 0) is 42.9 Å². The highest BCUT2D eigenvalue weighted by Gasteiger charge is 2.31. The molecule has 2 aromatic rings. The fraction of sp³-hybridized carbons (Fsp3) is 0.263. The van der Waals surface area contributed by atoms with Crippen LogP contribution in [-0.2, 0) is 4.79 Å². The minimum Gasteiger partial charge on any atom is -0.352 e. The summed E-state index contributed by atoms with van der Waals surface area (Å²) < 4.78 is -0.792. The van der Waals surface area contributed by atoms with E-state index in [2.05, 4.69) is 5.32 Å². The maximum absolute atomic E-state index is 12.2. The molecule has 25 heavy (non-hydrogen) atoms. The monoisotopic (exact) mass is 358 g/mol. The molecule has 2 amide bonds. The minimum absolute atomic E-state index is 0.188. The third kappa shape index (κ3) is 4.84. The van der Waals surface area contributed by atoms with Crippen molar-refractivity contribution < 1.29 is 14.8 Å². The van der Waals surface area contributed by atoms with Crippen LogP contribution in [0.25, 0.3) is 11.1 Å². The van der Waals surface area contributed by atoms with Gasteiger partial charge in [0, 0.05) is 12.1 Å². The number of hydroxylamine groups is 1. The highest BCUT2D eigenvalue weighted by Crippen LogP contribution is 2.26. The number of nitrogens with one attached hydrogen (secondary N) is 2. The Bertz CT molecular complexity index is 719. The van der Waals surface area contributed by atoms with E-state index < -0.39 is 10.7 Å². The summed E-state index contributed by atoms with van der Waals surface area (Å²) in [5.41, 5.74) is 4.39. The summed E-state index contributed by atoms with van der Waals surface area (Å²) in [7, 11) is 0. The van der Waals surface area contributed by atoms with Crippen LogP contribution in [-0.4, -0.2) is 34.6 Å². The van der Waals surface area contributed by atoms with Crippen molar-refractivity contribution in [2.75, 3.05) is 12.8 Å². The van der Waals surface area contributed by atoms with Crippen molar-refractivity contribution >= 4 is 23.6 Å². The molecule has 0 aliphatic carbocycles. The Balaban J connectivity index is 1.94. The van der Waals surface area contributed by atoms with Crippen molar-refractivity contribution in [1.29, 1.82) is 0 Å². The summed E-state index contributed by atoms with van der Waals surface area (Å²) in [6.07, 6.45) is 2.20. The third-order valence-corrected chi connectivity index (χ3v) is 5.46. The van der Waals surface area contributed by atoms with Gasteiger partial charge in [-0.15, -0.1) is 11.8 Å². The topological polar surface area (TPSA) is 78.4 Å². The van der Waals surface area contributed by atoms with Crippen LogP contribution in [0.4, 0.5) is 0 Å².